The molecule has 1 aliphatic heterocycles. The maximum Gasteiger partial charge on any atom is 0.238 e. The van der Waals surface area contributed by atoms with E-state index < -0.39 is 0 Å². The van der Waals surface area contributed by atoms with Gasteiger partial charge in [0.15, 0.2) is 0 Å². The summed E-state index contributed by atoms with van der Waals surface area (Å²) in [6.45, 7) is 3.13. The molecule has 1 aromatic carbocycles. The lowest BCUT2D eigenvalue weighted by atomic mass is 9.95. The Morgan fingerprint density at radius 1 is 1.48 bits per heavy atom. The van der Waals surface area contributed by atoms with Crippen molar-refractivity contribution in [3.63, 3.8) is 0 Å². The first-order valence-electron chi connectivity index (χ1n) is 7.15. The van der Waals surface area contributed by atoms with Crippen LogP contribution in [0.1, 0.15) is 19.3 Å². The third-order valence-electron chi connectivity index (χ3n) is 3.65. The normalized spacial score (nSPS) is 18.9. The van der Waals surface area contributed by atoms with Crippen molar-refractivity contribution in [3.8, 4) is 0 Å². The smallest absolute Gasteiger partial charge is 0.238 e. The number of carbonyl (C=O) groups excluding carboxylic acids is 1. The standard InChI is InChI=1S/C15H22ClN3O.ClH/c16-13-4-1-5-14(9-13)18-15(20)11-19-8-2-3-12(10-19)6-7-17;/h1,4-5,9,12H,2-3,6-8,10-11,17H2,(H,18,20);1H. The first-order valence-corrected chi connectivity index (χ1v) is 7.53. The maximum atomic E-state index is 12.0. The zero-order valence-electron chi connectivity index (χ0n) is 12.1. The van der Waals surface area contributed by atoms with E-state index in [1.54, 1.807) is 12.1 Å². The molecule has 1 heterocycles. The molecule has 118 valence electrons. The molecule has 0 radical (unpaired) electrons. The summed E-state index contributed by atoms with van der Waals surface area (Å²) < 4.78 is 0. The molecular weight excluding hydrogens is 309 g/mol. The molecule has 0 bridgehead atoms. The van der Waals surface area contributed by atoms with Crippen molar-refractivity contribution in [1.82, 2.24) is 4.90 Å². The lowest BCUT2D eigenvalue weighted by Gasteiger charge is -2.32. The van der Waals surface area contributed by atoms with Crippen LogP contribution in [0.2, 0.25) is 5.02 Å². The molecule has 4 nitrogen and oxygen atoms in total. The SMILES string of the molecule is Cl.NCCC1CCCN(CC(=O)Nc2cccc(Cl)c2)C1. The van der Waals surface area contributed by atoms with Crippen molar-refractivity contribution < 1.29 is 4.79 Å². The molecule has 21 heavy (non-hydrogen) atoms. The van der Waals surface area contributed by atoms with Crippen LogP contribution < -0.4 is 11.1 Å². The van der Waals surface area contributed by atoms with E-state index in [-0.39, 0.29) is 18.3 Å². The molecule has 1 unspecified atom stereocenters. The number of nitrogens with one attached hydrogen (secondary N) is 1. The second kappa shape index (κ2) is 9.26. The second-order valence-electron chi connectivity index (χ2n) is 5.38. The zero-order chi connectivity index (χ0) is 14.4. The number of piperidine rings is 1. The second-order valence-corrected chi connectivity index (χ2v) is 5.82. The Morgan fingerprint density at radius 2 is 2.29 bits per heavy atom. The van der Waals surface area contributed by atoms with E-state index in [0.717, 1.165) is 38.2 Å². The van der Waals surface area contributed by atoms with Crippen molar-refractivity contribution in [2.45, 2.75) is 19.3 Å². The largest absolute Gasteiger partial charge is 0.330 e. The van der Waals surface area contributed by atoms with Gasteiger partial charge >= 0.3 is 0 Å². The molecule has 1 atom stereocenters. The Balaban J connectivity index is 0.00000220. The molecule has 0 saturated carbocycles. The predicted octanol–water partition coefficient (Wildman–Crippen LogP) is 2.76. The minimum absolute atomic E-state index is 0. The van der Waals surface area contributed by atoms with Crippen molar-refractivity contribution in [2.75, 3.05) is 31.5 Å². The van der Waals surface area contributed by atoms with Crippen molar-refractivity contribution in [1.29, 1.82) is 0 Å². The number of nitrogens with zero attached hydrogens (tertiary/aromatic N) is 1. The number of rotatable bonds is 5. The van der Waals surface area contributed by atoms with Gasteiger partial charge in [0.1, 0.15) is 0 Å². The third kappa shape index (κ3) is 6.22. The van der Waals surface area contributed by atoms with E-state index >= 15 is 0 Å². The van der Waals surface area contributed by atoms with Crippen LogP contribution in [0.25, 0.3) is 0 Å². The van der Waals surface area contributed by atoms with Crippen LogP contribution >= 0.6 is 24.0 Å². The highest BCUT2D eigenvalue weighted by Crippen LogP contribution is 2.19. The summed E-state index contributed by atoms with van der Waals surface area (Å²) in [6.07, 6.45) is 3.42. The quantitative estimate of drug-likeness (QED) is 0.872. The molecule has 0 aromatic heterocycles. The van der Waals surface area contributed by atoms with Gasteiger partial charge in [0.25, 0.3) is 0 Å². The molecular formula is C15H23Cl2N3O. The van der Waals surface area contributed by atoms with Gasteiger partial charge in [0.05, 0.1) is 6.54 Å². The zero-order valence-corrected chi connectivity index (χ0v) is 13.6. The highest BCUT2D eigenvalue weighted by atomic mass is 35.5. The van der Waals surface area contributed by atoms with Crippen LogP contribution in [0.4, 0.5) is 5.69 Å². The monoisotopic (exact) mass is 331 g/mol. The van der Waals surface area contributed by atoms with Gasteiger partial charge in [-0.1, -0.05) is 17.7 Å². The first-order chi connectivity index (χ1) is 9.67. The number of anilines is 1. The minimum atomic E-state index is 0. The summed E-state index contributed by atoms with van der Waals surface area (Å²) in [7, 11) is 0. The molecule has 0 aliphatic carbocycles. The van der Waals surface area contributed by atoms with Gasteiger partial charge in [-0.15, -0.1) is 12.4 Å². The fourth-order valence-corrected chi connectivity index (χ4v) is 2.93. The molecule has 1 fully saturated rings. The highest BCUT2D eigenvalue weighted by molar-refractivity contribution is 6.30. The van der Waals surface area contributed by atoms with E-state index in [1.165, 1.54) is 6.42 Å². The summed E-state index contributed by atoms with van der Waals surface area (Å²) in [4.78, 5) is 14.2. The number of hydrogen-bond acceptors (Lipinski definition) is 3. The van der Waals surface area contributed by atoms with Gasteiger partial charge in [0.2, 0.25) is 5.91 Å². The van der Waals surface area contributed by atoms with Gasteiger partial charge in [-0.05, 0) is 56.5 Å². The van der Waals surface area contributed by atoms with Gasteiger partial charge < -0.3 is 11.1 Å². The molecule has 1 aromatic rings. The molecule has 1 amide bonds. The fourth-order valence-electron chi connectivity index (χ4n) is 2.74. The Labute approximate surface area is 137 Å². The van der Waals surface area contributed by atoms with Gasteiger partial charge in [-0.2, -0.15) is 0 Å². The number of amides is 1. The summed E-state index contributed by atoms with van der Waals surface area (Å²) in [5, 5.41) is 3.52. The summed E-state index contributed by atoms with van der Waals surface area (Å²) in [6, 6.07) is 7.22. The number of carbonyl (C=O) groups is 1. The molecule has 2 rings (SSSR count). The van der Waals surface area contributed by atoms with Crippen molar-refractivity contribution in [3.05, 3.63) is 29.3 Å². The Bertz CT molecular complexity index is 454. The van der Waals surface area contributed by atoms with E-state index in [4.69, 9.17) is 17.3 Å². The Morgan fingerprint density at radius 3 is 3.00 bits per heavy atom. The Kier molecular flexibility index (Phi) is 8.04. The van der Waals surface area contributed by atoms with Crippen LogP contribution in [0, 0.1) is 5.92 Å². The Hall–Kier alpha value is -0.810. The lowest BCUT2D eigenvalue weighted by Crippen LogP contribution is -2.40. The first kappa shape index (κ1) is 18.2. The molecule has 0 spiro atoms. The third-order valence-corrected chi connectivity index (χ3v) is 3.89. The number of likely N-dealkylation sites (tertiary alicyclic amines) is 1. The number of halogens is 2. The van der Waals surface area contributed by atoms with E-state index in [2.05, 4.69) is 10.2 Å². The fraction of sp³-hybridized carbons (Fsp3) is 0.533. The van der Waals surface area contributed by atoms with Crippen LogP contribution in [0.5, 0.6) is 0 Å². The average Bonchev–Trinajstić information content (AvgIpc) is 2.39. The van der Waals surface area contributed by atoms with Crippen molar-refractivity contribution in [2.24, 2.45) is 11.7 Å². The molecule has 1 aliphatic rings. The van der Waals surface area contributed by atoms with E-state index in [1.807, 2.05) is 12.1 Å². The van der Waals surface area contributed by atoms with Crippen LogP contribution in [-0.2, 0) is 4.79 Å². The number of nitrogens with two attached hydrogens (primary N) is 1. The van der Waals surface area contributed by atoms with Gasteiger partial charge in [-0.3, -0.25) is 9.69 Å². The van der Waals surface area contributed by atoms with Gasteiger partial charge in [0, 0.05) is 17.3 Å². The lowest BCUT2D eigenvalue weighted by molar-refractivity contribution is -0.117. The molecule has 6 heteroatoms. The summed E-state index contributed by atoms with van der Waals surface area (Å²) in [5.41, 5.74) is 6.36. The van der Waals surface area contributed by atoms with Crippen molar-refractivity contribution >= 4 is 35.6 Å². The number of benzene rings is 1. The summed E-state index contributed by atoms with van der Waals surface area (Å²) in [5.74, 6) is 0.647. The predicted molar refractivity (Wildman–Crippen MR) is 90.2 cm³/mol. The minimum Gasteiger partial charge on any atom is -0.330 e. The maximum absolute atomic E-state index is 12.0. The van der Waals surface area contributed by atoms with Crippen LogP contribution in [0.3, 0.4) is 0 Å². The van der Waals surface area contributed by atoms with Crippen LogP contribution in [-0.4, -0.2) is 37.0 Å². The number of hydrogen-bond donors (Lipinski definition) is 2. The van der Waals surface area contributed by atoms with Crippen LogP contribution in [0.15, 0.2) is 24.3 Å². The van der Waals surface area contributed by atoms with E-state index in [0.29, 0.717) is 17.5 Å². The molecule has 1 saturated heterocycles. The average molecular weight is 332 g/mol. The summed E-state index contributed by atoms with van der Waals surface area (Å²) >= 11 is 5.90. The van der Waals surface area contributed by atoms with Gasteiger partial charge in [-0.25, -0.2) is 0 Å². The highest BCUT2D eigenvalue weighted by Gasteiger charge is 2.20. The topological polar surface area (TPSA) is 58.4 Å². The molecule has 3 N–H and O–H groups in total. The van der Waals surface area contributed by atoms with E-state index in [9.17, 15) is 4.79 Å².